The van der Waals surface area contributed by atoms with Crippen LogP contribution in [0.1, 0.15) is 11.9 Å². The van der Waals surface area contributed by atoms with E-state index in [1.165, 1.54) is 0 Å². The third-order valence-electron chi connectivity index (χ3n) is 2.16. The summed E-state index contributed by atoms with van der Waals surface area (Å²) in [5.41, 5.74) is 1.02. The van der Waals surface area contributed by atoms with Gasteiger partial charge in [0.15, 0.2) is 0 Å². The summed E-state index contributed by atoms with van der Waals surface area (Å²) in [7, 11) is 0. The summed E-state index contributed by atoms with van der Waals surface area (Å²) in [6, 6.07) is 5.94. The van der Waals surface area contributed by atoms with Crippen molar-refractivity contribution in [2.75, 3.05) is 6.54 Å². The first-order valence-corrected chi connectivity index (χ1v) is 7.46. The maximum atomic E-state index is 6.09. The molecule has 0 radical (unpaired) electrons. The van der Waals surface area contributed by atoms with Crippen LogP contribution >= 0.6 is 45.5 Å². The van der Waals surface area contributed by atoms with Gasteiger partial charge < -0.3 is 5.32 Å². The lowest BCUT2D eigenvalue weighted by molar-refractivity contribution is 0.715. The lowest BCUT2D eigenvalue weighted by Gasteiger charge is -1.98. The van der Waals surface area contributed by atoms with E-state index in [4.69, 9.17) is 11.6 Å². The standard InChI is InChI=1S/C11H11ClIN3S/c1-2-14-6-10-15-16-11(17-10)7-3-4-9(13)8(12)5-7/h3-5,14H,2,6H2,1H3. The second-order valence-corrected chi connectivity index (χ2v) is 6.04. The zero-order valence-electron chi connectivity index (χ0n) is 9.20. The van der Waals surface area contributed by atoms with E-state index in [0.717, 1.165) is 37.3 Å². The van der Waals surface area contributed by atoms with Crippen LogP contribution < -0.4 is 5.32 Å². The number of nitrogens with zero attached hydrogens (tertiary/aromatic N) is 2. The second kappa shape index (κ2) is 6.08. The highest BCUT2D eigenvalue weighted by Gasteiger charge is 2.07. The number of rotatable bonds is 4. The van der Waals surface area contributed by atoms with Crippen LogP contribution in [0.15, 0.2) is 18.2 Å². The summed E-state index contributed by atoms with van der Waals surface area (Å²) in [6.07, 6.45) is 0. The number of hydrogen-bond donors (Lipinski definition) is 1. The molecule has 0 unspecified atom stereocenters. The van der Waals surface area contributed by atoms with Gasteiger partial charge in [0, 0.05) is 15.7 Å². The van der Waals surface area contributed by atoms with E-state index in [1.807, 2.05) is 18.2 Å². The van der Waals surface area contributed by atoms with E-state index >= 15 is 0 Å². The maximum Gasteiger partial charge on any atom is 0.147 e. The molecule has 0 aliphatic carbocycles. The minimum atomic E-state index is 0.756. The summed E-state index contributed by atoms with van der Waals surface area (Å²) < 4.78 is 1.05. The van der Waals surface area contributed by atoms with Gasteiger partial charge in [-0.05, 0) is 41.3 Å². The Kier molecular flexibility index (Phi) is 4.72. The minimum absolute atomic E-state index is 0.756. The van der Waals surface area contributed by atoms with Gasteiger partial charge in [-0.25, -0.2) is 0 Å². The smallest absolute Gasteiger partial charge is 0.147 e. The lowest BCUT2D eigenvalue weighted by atomic mass is 10.2. The van der Waals surface area contributed by atoms with Crippen LogP contribution in [0.25, 0.3) is 10.6 Å². The Bertz CT molecular complexity index is 515. The molecule has 0 aliphatic heterocycles. The number of aromatic nitrogens is 2. The third-order valence-corrected chi connectivity index (χ3v) is 4.70. The Balaban J connectivity index is 2.21. The molecule has 2 aromatic rings. The van der Waals surface area contributed by atoms with Gasteiger partial charge in [0.1, 0.15) is 10.0 Å². The molecule has 0 bridgehead atoms. The van der Waals surface area contributed by atoms with E-state index in [1.54, 1.807) is 11.3 Å². The zero-order chi connectivity index (χ0) is 12.3. The molecule has 0 amide bonds. The Hall–Kier alpha value is -0.240. The normalized spacial score (nSPS) is 10.8. The first-order valence-electron chi connectivity index (χ1n) is 5.19. The Labute approximate surface area is 123 Å². The fourth-order valence-electron chi connectivity index (χ4n) is 1.30. The van der Waals surface area contributed by atoms with Crippen molar-refractivity contribution in [2.45, 2.75) is 13.5 Å². The first kappa shape index (κ1) is 13.2. The van der Waals surface area contributed by atoms with Crippen LogP contribution in [0.2, 0.25) is 5.02 Å². The molecule has 0 spiro atoms. The number of benzene rings is 1. The second-order valence-electron chi connectivity index (χ2n) is 3.41. The van der Waals surface area contributed by atoms with Crippen molar-refractivity contribution < 1.29 is 0 Å². The summed E-state index contributed by atoms with van der Waals surface area (Å²) in [6.45, 7) is 3.78. The molecule has 0 aliphatic rings. The van der Waals surface area contributed by atoms with Gasteiger partial charge in [0.2, 0.25) is 0 Å². The van der Waals surface area contributed by atoms with Gasteiger partial charge in [0.25, 0.3) is 0 Å². The molecule has 17 heavy (non-hydrogen) atoms. The van der Waals surface area contributed by atoms with Gasteiger partial charge >= 0.3 is 0 Å². The summed E-state index contributed by atoms with van der Waals surface area (Å²) in [5, 5.41) is 14.2. The lowest BCUT2D eigenvalue weighted by Crippen LogP contribution is -2.11. The van der Waals surface area contributed by atoms with Crippen molar-refractivity contribution >= 4 is 45.5 Å². The van der Waals surface area contributed by atoms with E-state index in [0.29, 0.717) is 0 Å². The summed E-state index contributed by atoms with van der Waals surface area (Å²) >= 11 is 9.89. The highest BCUT2D eigenvalue weighted by molar-refractivity contribution is 14.1. The number of halogens is 2. The number of nitrogens with one attached hydrogen (secondary N) is 1. The quantitative estimate of drug-likeness (QED) is 0.825. The van der Waals surface area contributed by atoms with Crippen LogP contribution in [0.3, 0.4) is 0 Å². The van der Waals surface area contributed by atoms with Crippen LogP contribution in [0.4, 0.5) is 0 Å². The number of hydrogen-bond acceptors (Lipinski definition) is 4. The van der Waals surface area contributed by atoms with E-state index in [9.17, 15) is 0 Å². The fourth-order valence-corrected chi connectivity index (χ4v) is 2.62. The van der Waals surface area contributed by atoms with Crippen LogP contribution in [0.5, 0.6) is 0 Å². The van der Waals surface area contributed by atoms with Crippen molar-refractivity contribution in [1.29, 1.82) is 0 Å². The molecule has 6 heteroatoms. The highest BCUT2D eigenvalue weighted by Crippen LogP contribution is 2.28. The van der Waals surface area contributed by atoms with E-state index in [-0.39, 0.29) is 0 Å². The summed E-state index contributed by atoms with van der Waals surface area (Å²) in [4.78, 5) is 0. The Morgan fingerprint density at radius 3 is 2.94 bits per heavy atom. The van der Waals surface area contributed by atoms with Gasteiger partial charge in [-0.1, -0.05) is 35.9 Å². The van der Waals surface area contributed by atoms with Gasteiger partial charge in [-0.15, -0.1) is 10.2 Å². The average Bonchev–Trinajstić information content (AvgIpc) is 2.79. The van der Waals surface area contributed by atoms with Crippen LogP contribution in [-0.2, 0) is 6.54 Å². The predicted molar refractivity (Wildman–Crippen MR) is 80.5 cm³/mol. The molecular weight excluding hydrogens is 369 g/mol. The molecule has 90 valence electrons. The van der Waals surface area contributed by atoms with E-state index < -0.39 is 0 Å². The molecule has 3 nitrogen and oxygen atoms in total. The molecule has 1 heterocycles. The van der Waals surface area contributed by atoms with Crippen molar-refractivity contribution in [3.63, 3.8) is 0 Å². The van der Waals surface area contributed by atoms with Crippen molar-refractivity contribution in [1.82, 2.24) is 15.5 Å². The largest absolute Gasteiger partial charge is 0.311 e. The maximum absolute atomic E-state index is 6.09. The van der Waals surface area contributed by atoms with E-state index in [2.05, 4.69) is 45.0 Å². The topological polar surface area (TPSA) is 37.8 Å². The van der Waals surface area contributed by atoms with Gasteiger partial charge in [0.05, 0.1) is 5.02 Å². The Morgan fingerprint density at radius 2 is 2.24 bits per heavy atom. The molecule has 2 rings (SSSR count). The molecule has 0 atom stereocenters. The van der Waals surface area contributed by atoms with Crippen molar-refractivity contribution in [3.8, 4) is 10.6 Å². The van der Waals surface area contributed by atoms with Crippen molar-refractivity contribution in [3.05, 3.63) is 31.8 Å². The predicted octanol–water partition coefficient (Wildman–Crippen LogP) is 3.57. The molecular formula is C11H11ClIN3S. The molecule has 0 fully saturated rings. The molecule has 1 aromatic carbocycles. The molecule has 1 aromatic heterocycles. The third kappa shape index (κ3) is 3.37. The van der Waals surface area contributed by atoms with Gasteiger partial charge in [-0.3, -0.25) is 0 Å². The molecule has 0 saturated heterocycles. The van der Waals surface area contributed by atoms with Crippen LogP contribution in [0, 0.1) is 3.57 Å². The highest BCUT2D eigenvalue weighted by atomic mass is 127. The van der Waals surface area contributed by atoms with Crippen molar-refractivity contribution in [2.24, 2.45) is 0 Å². The molecule has 1 N–H and O–H groups in total. The average molecular weight is 380 g/mol. The minimum Gasteiger partial charge on any atom is -0.311 e. The Morgan fingerprint density at radius 1 is 1.41 bits per heavy atom. The first-order chi connectivity index (χ1) is 8.20. The SMILES string of the molecule is CCNCc1nnc(-c2ccc(I)c(Cl)c2)s1. The summed E-state index contributed by atoms with van der Waals surface area (Å²) in [5.74, 6) is 0. The fraction of sp³-hybridized carbons (Fsp3) is 0.273. The van der Waals surface area contributed by atoms with Gasteiger partial charge in [-0.2, -0.15) is 0 Å². The monoisotopic (exact) mass is 379 g/mol. The zero-order valence-corrected chi connectivity index (χ0v) is 12.9. The molecule has 0 saturated carbocycles. The van der Waals surface area contributed by atoms with Crippen LogP contribution in [-0.4, -0.2) is 16.7 Å².